The van der Waals surface area contributed by atoms with Crippen molar-refractivity contribution in [1.82, 2.24) is 9.38 Å². The van der Waals surface area contributed by atoms with Gasteiger partial charge in [0.1, 0.15) is 5.69 Å². The fourth-order valence-corrected chi connectivity index (χ4v) is 1.88. The molecule has 0 aliphatic rings. The second-order valence-corrected chi connectivity index (χ2v) is 4.14. The van der Waals surface area contributed by atoms with Gasteiger partial charge in [-0.2, -0.15) is 0 Å². The van der Waals surface area contributed by atoms with Crippen LogP contribution in [0, 0.1) is 0 Å². The maximum atomic E-state index is 9.61. The molecule has 3 rings (SSSR count). The zero-order valence-corrected chi connectivity index (χ0v) is 9.68. The second-order valence-electron chi connectivity index (χ2n) is 3.35. The van der Waals surface area contributed by atoms with E-state index in [1.54, 1.807) is 28.8 Å². The molecule has 0 saturated carbocycles. The number of hydrogen-bond acceptors (Lipinski definition) is 3. The molecule has 0 radical (unpaired) electrons. The number of nitrogens with zero attached hydrogens (tertiary/aromatic N) is 2. The van der Waals surface area contributed by atoms with E-state index < -0.39 is 0 Å². The topological polar surface area (TPSA) is 50.7 Å². The third-order valence-electron chi connectivity index (χ3n) is 2.29. The molecule has 0 spiro atoms. The van der Waals surface area contributed by atoms with Crippen LogP contribution in [0.25, 0.3) is 17.1 Å². The number of furan rings is 1. The van der Waals surface area contributed by atoms with Crippen LogP contribution in [-0.2, 0) is 0 Å². The Bertz CT molecular complexity index is 657. The van der Waals surface area contributed by atoms with Gasteiger partial charge in [0.05, 0.1) is 0 Å². The van der Waals surface area contributed by atoms with E-state index in [9.17, 15) is 5.11 Å². The van der Waals surface area contributed by atoms with E-state index in [1.807, 2.05) is 12.3 Å². The summed E-state index contributed by atoms with van der Waals surface area (Å²) in [7, 11) is 0. The average Bonchev–Trinajstić information content (AvgIpc) is 2.84. The lowest BCUT2D eigenvalue weighted by atomic mass is 10.4. The molecule has 80 valence electrons. The SMILES string of the molecule is Oc1cccn2cc(-c3ccc(Br)o3)nc12. The molecule has 3 heterocycles. The summed E-state index contributed by atoms with van der Waals surface area (Å²) in [6, 6.07) is 6.98. The Morgan fingerprint density at radius 2 is 2.19 bits per heavy atom. The largest absolute Gasteiger partial charge is 0.504 e. The van der Waals surface area contributed by atoms with Crippen LogP contribution in [0.1, 0.15) is 0 Å². The van der Waals surface area contributed by atoms with Gasteiger partial charge in [-0.3, -0.25) is 0 Å². The normalized spacial score (nSPS) is 11.1. The van der Waals surface area contributed by atoms with Crippen molar-refractivity contribution in [1.29, 1.82) is 0 Å². The molecule has 0 atom stereocenters. The molecule has 5 heteroatoms. The molecule has 4 nitrogen and oxygen atoms in total. The third kappa shape index (κ3) is 1.40. The van der Waals surface area contributed by atoms with Gasteiger partial charge in [-0.25, -0.2) is 4.98 Å². The lowest BCUT2D eigenvalue weighted by Gasteiger charge is -1.92. The Hall–Kier alpha value is -1.75. The first-order valence-electron chi connectivity index (χ1n) is 4.66. The number of aromatic nitrogens is 2. The van der Waals surface area contributed by atoms with Gasteiger partial charge in [-0.1, -0.05) is 0 Å². The number of pyridine rings is 1. The maximum Gasteiger partial charge on any atom is 0.180 e. The minimum Gasteiger partial charge on any atom is -0.504 e. The van der Waals surface area contributed by atoms with Crippen LogP contribution in [0.5, 0.6) is 5.75 Å². The van der Waals surface area contributed by atoms with Crippen LogP contribution in [0.15, 0.2) is 45.7 Å². The van der Waals surface area contributed by atoms with Gasteiger partial charge >= 0.3 is 0 Å². The lowest BCUT2D eigenvalue weighted by molar-refractivity contribution is 0.477. The molecule has 0 aliphatic carbocycles. The highest BCUT2D eigenvalue weighted by molar-refractivity contribution is 9.10. The highest BCUT2D eigenvalue weighted by Gasteiger charge is 2.09. The van der Waals surface area contributed by atoms with E-state index in [0.29, 0.717) is 21.8 Å². The molecule has 0 aliphatic heterocycles. The molecule has 0 amide bonds. The zero-order valence-electron chi connectivity index (χ0n) is 8.09. The Morgan fingerprint density at radius 1 is 1.31 bits per heavy atom. The van der Waals surface area contributed by atoms with E-state index in [4.69, 9.17) is 4.42 Å². The van der Waals surface area contributed by atoms with Gasteiger partial charge in [0.2, 0.25) is 0 Å². The average molecular weight is 279 g/mol. The number of halogens is 1. The molecular formula is C11H7BrN2O2. The predicted octanol–water partition coefficient (Wildman–Crippen LogP) is 3.06. The molecule has 0 saturated heterocycles. The van der Waals surface area contributed by atoms with Crippen LogP contribution in [0.3, 0.4) is 0 Å². The predicted molar refractivity (Wildman–Crippen MR) is 62.3 cm³/mol. The summed E-state index contributed by atoms with van der Waals surface area (Å²) in [5.41, 5.74) is 1.21. The van der Waals surface area contributed by atoms with Crippen molar-refractivity contribution in [2.45, 2.75) is 0 Å². The van der Waals surface area contributed by atoms with Gasteiger partial charge in [0, 0.05) is 12.4 Å². The van der Waals surface area contributed by atoms with E-state index in [1.165, 1.54) is 0 Å². The van der Waals surface area contributed by atoms with Crippen molar-refractivity contribution < 1.29 is 9.52 Å². The maximum absolute atomic E-state index is 9.61. The van der Waals surface area contributed by atoms with E-state index in [2.05, 4.69) is 20.9 Å². The first-order valence-corrected chi connectivity index (χ1v) is 5.46. The molecule has 0 bridgehead atoms. The van der Waals surface area contributed by atoms with Crippen molar-refractivity contribution in [2.24, 2.45) is 0 Å². The Kier molecular flexibility index (Phi) is 2.00. The third-order valence-corrected chi connectivity index (χ3v) is 2.71. The first-order chi connectivity index (χ1) is 7.74. The lowest BCUT2D eigenvalue weighted by Crippen LogP contribution is -1.80. The van der Waals surface area contributed by atoms with E-state index >= 15 is 0 Å². The minimum atomic E-state index is 0.152. The smallest absolute Gasteiger partial charge is 0.180 e. The van der Waals surface area contributed by atoms with E-state index in [0.717, 1.165) is 0 Å². The molecule has 0 aromatic carbocycles. The van der Waals surface area contributed by atoms with Crippen molar-refractivity contribution in [3.05, 3.63) is 41.3 Å². The second kappa shape index (κ2) is 3.38. The molecule has 3 aromatic rings. The minimum absolute atomic E-state index is 0.152. The molecular weight excluding hydrogens is 272 g/mol. The first kappa shape index (κ1) is 9.47. The summed E-state index contributed by atoms with van der Waals surface area (Å²) in [5, 5.41) is 9.61. The molecule has 0 fully saturated rings. The van der Waals surface area contributed by atoms with Crippen molar-refractivity contribution in [2.75, 3.05) is 0 Å². The van der Waals surface area contributed by atoms with Crippen molar-refractivity contribution >= 4 is 21.6 Å². The monoisotopic (exact) mass is 278 g/mol. The van der Waals surface area contributed by atoms with Crippen LogP contribution >= 0.6 is 15.9 Å². The Morgan fingerprint density at radius 3 is 2.88 bits per heavy atom. The van der Waals surface area contributed by atoms with Crippen LogP contribution in [-0.4, -0.2) is 14.5 Å². The van der Waals surface area contributed by atoms with E-state index in [-0.39, 0.29) is 5.75 Å². The number of hydrogen-bond donors (Lipinski definition) is 1. The van der Waals surface area contributed by atoms with Crippen LogP contribution in [0.4, 0.5) is 0 Å². The fraction of sp³-hybridized carbons (Fsp3) is 0. The Balaban J connectivity index is 2.22. The van der Waals surface area contributed by atoms with Gasteiger partial charge < -0.3 is 13.9 Å². The van der Waals surface area contributed by atoms with Gasteiger partial charge in [-0.05, 0) is 40.2 Å². The fourth-order valence-electron chi connectivity index (χ4n) is 1.57. The summed E-state index contributed by atoms with van der Waals surface area (Å²) < 4.78 is 7.81. The number of imidazole rings is 1. The number of fused-ring (bicyclic) bond motifs is 1. The highest BCUT2D eigenvalue weighted by atomic mass is 79.9. The zero-order chi connectivity index (χ0) is 11.1. The summed E-state index contributed by atoms with van der Waals surface area (Å²) in [6.07, 6.45) is 3.63. The molecule has 3 aromatic heterocycles. The van der Waals surface area contributed by atoms with Crippen LogP contribution < -0.4 is 0 Å². The van der Waals surface area contributed by atoms with Crippen molar-refractivity contribution in [3.63, 3.8) is 0 Å². The molecule has 0 unspecified atom stereocenters. The number of rotatable bonds is 1. The van der Waals surface area contributed by atoms with Crippen LogP contribution in [0.2, 0.25) is 0 Å². The summed E-state index contributed by atoms with van der Waals surface area (Å²) in [4.78, 5) is 4.29. The summed E-state index contributed by atoms with van der Waals surface area (Å²) in [6.45, 7) is 0. The van der Waals surface area contributed by atoms with Gasteiger partial charge in [0.25, 0.3) is 0 Å². The number of aromatic hydroxyl groups is 1. The standard InChI is InChI=1S/C11H7BrN2O2/c12-10-4-3-9(16-10)7-6-14-5-1-2-8(15)11(14)13-7/h1-6,15H. The quantitative estimate of drug-likeness (QED) is 0.744. The van der Waals surface area contributed by atoms with Crippen molar-refractivity contribution in [3.8, 4) is 17.2 Å². The molecule has 1 N–H and O–H groups in total. The summed E-state index contributed by atoms with van der Waals surface area (Å²) in [5.74, 6) is 0.814. The van der Waals surface area contributed by atoms with Gasteiger partial charge in [0.15, 0.2) is 21.8 Å². The summed E-state index contributed by atoms with van der Waals surface area (Å²) >= 11 is 3.24. The molecule has 16 heavy (non-hydrogen) atoms. The Labute approximate surface area is 99.3 Å². The highest BCUT2D eigenvalue weighted by Crippen LogP contribution is 2.26. The van der Waals surface area contributed by atoms with Gasteiger partial charge in [-0.15, -0.1) is 0 Å².